The molecule has 0 bridgehead atoms. The molecule has 2 aromatic carbocycles. The van der Waals surface area contributed by atoms with Crippen LogP contribution < -0.4 is 10.1 Å². The van der Waals surface area contributed by atoms with E-state index in [4.69, 9.17) is 4.74 Å². The summed E-state index contributed by atoms with van der Waals surface area (Å²) >= 11 is 0. The molecule has 0 atom stereocenters. The topological polar surface area (TPSA) is 56.2 Å². The van der Waals surface area contributed by atoms with Crippen LogP contribution in [0.2, 0.25) is 0 Å². The molecule has 0 saturated heterocycles. The van der Waals surface area contributed by atoms with Crippen LogP contribution in [0, 0.1) is 5.82 Å². The Balaban J connectivity index is 1.63. The standard InChI is InChI=1S/C17H16FN3O2/c1-23-15-6-7-16-12(10-15)11-19-21(16)9-8-17(22)20-14-4-2-13(18)3-5-14/h2-7,10-11H,8-9H2,1H3,(H,20,22). The van der Waals surface area contributed by atoms with Crippen LogP contribution >= 0.6 is 0 Å². The second-order valence-corrected chi connectivity index (χ2v) is 5.10. The zero-order chi connectivity index (χ0) is 16.2. The number of fused-ring (bicyclic) bond motifs is 1. The summed E-state index contributed by atoms with van der Waals surface area (Å²) in [6.07, 6.45) is 2.02. The molecular weight excluding hydrogens is 297 g/mol. The molecule has 1 N–H and O–H groups in total. The van der Waals surface area contributed by atoms with E-state index in [0.29, 0.717) is 12.2 Å². The predicted molar refractivity (Wildman–Crippen MR) is 85.9 cm³/mol. The first-order valence-corrected chi connectivity index (χ1v) is 7.21. The van der Waals surface area contributed by atoms with Crippen molar-refractivity contribution < 1.29 is 13.9 Å². The largest absolute Gasteiger partial charge is 0.497 e. The molecule has 3 aromatic rings. The maximum absolute atomic E-state index is 12.8. The molecule has 1 heterocycles. The Labute approximate surface area is 132 Å². The van der Waals surface area contributed by atoms with Crippen molar-refractivity contribution in [1.82, 2.24) is 9.78 Å². The number of nitrogens with zero attached hydrogens (tertiary/aromatic N) is 2. The van der Waals surface area contributed by atoms with Gasteiger partial charge in [0.2, 0.25) is 5.91 Å². The summed E-state index contributed by atoms with van der Waals surface area (Å²) in [5.74, 6) is 0.293. The zero-order valence-electron chi connectivity index (χ0n) is 12.6. The minimum Gasteiger partial charge on any atom is -0.497 e. The van der Waals surface area contributed by atoms with Gasteiger partial charge in [-0.3, -0.25) is 9.48 Å². The summed E-state index contributed by atoms with van der Waals surface area (Å²) < 4.78 is 19.8. The lowest BCUT2D eigenvalue weighted by molar-refractivity contribution is -0.116. The number of aromatic nitrogens is 2. The number of amides is 1. The van der Waals surface area contributed by atoms with Crippen molar-refractivity contribution in [1.29, 1.82) is 0 Å². The van der Waals surface area contributed by atoms with E-state index in [0.717, 1.165) is 16.7 Å². The maximum Gasteiger partial charge on any atom is 0.226 e. The molecule has 6 heteroatoms. The zero-order valence-corrected chi connectivity index (χ0v) is 12.6. The van der Waals surface area contributed by atoms with Gasteiger partial charge in [-0.25, -0.2) is 4.39 Å². The first kappa shape index (κ1) is 15.0. The van der Waals surface area contributed by atoms with Crippen molar-refractivity contribution in [3.8, 4) is 5.75 Å². The Kier molecular flexibility index (Phi) is 4.23. The predicted octanol–water partition coefficient (Wildman–Crippen LogP) is 3.21. The normalized spacial score (nSPS) is 10.7. The first-order chi connectivity index (χ1) is 11.2. The number of halogens is 1. The van der Waals surface area contributed by atoms with Gasteiger partial charge in [-0.05, 0) is 42.5 Å². The average Bonchev–Trinajstić information content (AvgIpc) is 2.97. The van der Waals surface area contributed by atoms with Gasteiger partial charge in [-0.2, -0.15) is 5.10 Å². The first-order valence-electron chi connectivity index (χ1n) is 7.21. The van der Waals surface area contributed by atoms with Gasteiger partial charge in [0, 0.05) is 17.5 Å². The highest BCUT2D eigenvalue weighted by molar-refractivity contribution is 5.90. The van der Waals surface area contributed by atoms with Crippen LogP contribution in [-0.2, 0) is 11.3 Å². The highest BCUT2D eigenvalue weighted by Gasteiger charge is 2.07. The molecule has 0 radical (unpaired) electrons. The Morgan fingerprint density at radius 1 is 1.26 bits per heavy atom. The maximum atomic E-state index is 12.8. The molecule has 5 nitrogen and oxygen atoms in total. The molecule has 1 aromatic heterocycles. The molecule has 0 aliphatic carbocycles. The lowest BCUT2D eigenvalue weighted by atomic mass is 10.2. The van der Waals surface area contributed by atoms with Crippen LogP contribution in [0.5, 0.6) is 5.75 Å². The number of hydrogen-bond donors (Lipinski definition) is 1. The fourth-order valence-corrected chi connectivity index (χ4v) is 2.33. The van der Waals surface area contributed by atoms with Crippen LogP contribution in [0.4, 0.5) is 10.1 Å². The van der Waals surface area contributed by atoms with Crippen LogP contribution in [-0.4, -0.2) is 22.8 Å². The Hall–Kier alpha value is -2.89. The van der Waals surface area contributed by atoms with Gasteiger partial charge in [0.05, 0.1) is 25.4 Å². The van der Waals surface area contributed by atoms with Gasteiger partial charge < -0.3 is 10.1 Å². The summed E-state index contributed by atoms with van der Waals surface area (Å²) in [6, 6.07) is 11.4. The van der Waals surface area contributed by atoms with Crippen LogP contribution in [0.25, 0.3) is 10.9 Å². The molecule has 0 aliphatic heterocycles. The summed E-state index contributed by atoms with van der Waals surface area (Å²) in [6.45, 7) is 0.461. The van der Waals surface area contributed by atoms with E-state index in [1.54, 1.807) is 18.0 Å². The minimum atomic E-state index is -0.332. The third kappa shape index (κ3) is 3.48. The van der Waals surface area contributed by atoms with Gasteiger partial charge in [-0.1, -0.05) is 0 Å². The third-order valence-corrected chi connectivity index (χ3v) is 3.53. The van der Waals surface area contributed by atoms with Gasteiger partial charge >= 0.3 is 0 Å². The third-order valence-electron chi connectivity index (χ3n) is 3.53. The second-order valence-electron chi connectivity index (χ2n) is 5.10. The van der Waals surface area contributed by atoms with Gasteiger partial charge in [0.1, 0.15) is 11.6 Å². The molecule has 0 unspecified atom stereocenters. The van der Waals surface area contributed by atoms with Crippen LogP contribution in [0.3, 0.4) is 0 Å². The number of benzene rings is 2. The molecule has 0 aliphatic rings. The van der Waals surface area contributed by atoms with Crippen molar-refractivity contribution in [2.24, 2.45) is 0 Å². The summed E-state index contributed by atoms with van der Waals surface area (Å²) in [5.41, 5.74) is 1.52. The molecular formula is C17H16FN3O2. The number of methoxy groups -OCH3 is 1. The quantitative estimate of drug-likeness (QED) is 0.787. The van der Waals surface area contributed by atoms with Crippen molar-refractivity contribution in [2.45, 2.75) is 13.0 Å². The number of rotatable bonds is 5. The number of hydrogen-bond acceptors (Lipinski definition) is 3. The Morgan fingerprint density at radius 3 is 2.78 bits per heavy atom. The highest BCUT2D eigenvalue weighted by Crippen LogP contribution is 2.20. The lowest BCUT2D eigenvalue weighted by Gasteiger charge is -2.06. The molecule has 118 valence electrons. The van der Waals surface area contributed by atoms with Crippen LogP contribution in [0.1, 0.15) is 6.42 Å². The summed E-state index contributed by atoms with van der Waals surface area (Å²) in [5, 5.41) is 7.99. The molecule has 0 spiro atoms. The van der Waals surface area contributed by atoms with E-state index in [-0.39, 0.29) is 18.1 Å². The number of nitrogens with one attached hydrogen (secondary N) is 1. The average molecular weight is 313 g/mol. The number of aryl methyl sites for hydroxylation is 1. The van der Waals surface area contributed by atoms with Crippen molar-refractivity contribution in [2.75, 3.05) is 12.4 Å². The SMILES string of the molecule is COc1ccc2c(cnn2CCC(=O)Nc2ccc(F)cc2)c1. The fourth-order valence-electron chi connectivity index (χ4n) is 2.33. The Bertz CT molecular complexity index is 827. The summed E-state index contributed by atoms with van der Waals surface area (Å²) in [7, 11) is 1.62. The Morgan fingerprint density at radius 2 is 2.04 bits per heavy atom. The van der Waals surface area contributed by atoms with Gasteiger partial charge in [0.25, 0.3) is 0 Å². The molecule has 3 rings (SSSR count). The molecule has 1 amide bonds. The van der Waals surface area contributed by atoms with Crippen LogP contribution in [0.15, 0.2) is 48.7 Å². The van der Waals surface area contributed by atoms with Crippen molar-refractivity contribution in [3.63, 3.8) is 0 Å². The van der Waals surface area contributed by atoms with Crippen molar-refractivity contribution >= 4 is 22.5 Å². The van der Waals surface area contributed by atoms with E-state index in [9.17, 15) is 9.18 Å². The smallest absolute Gasteiger partial charge is 0.226 e. The number of ether oxygens (including phenoxy) is 1. The highest BCUT2D eigenvalue weighted by atomic mass is 19.1. The monoisotopic (exact) mass is 313 g/mol. The number of carbonyl (C=O) groups is 1. The van der Waals surface area contributed by atoms with Gasteiger partial charge in [-0.15, -0.1) is 0 Å². The van der Waals surface area contributed by atoms with E-state index in [1.165, 1.54) is 24.3 Å². The summed E-state index contributed by atoms with van der Waals surface area (Å²) in [4.78, 5) is 12.0. The van der Waals surface area contributed by atoms with E-state index < -0.39 is 0 Å². The molecule has 23 heavy (non-hydrogen) atoms. The fraction of sp³-hybridized carbons (Fsp3) is 0.176. The number of anilines is 1. The lowest BCUT2D eigenvalue weighted by Crippen LogP contribution is -2.14. The molecule has 0 fully saturated rings. The van der Waals surface area contributed by atoms with Crippen molar-refractivity contribution in [3.05, 3.63) is 54.5 Å². The minimum absolute atomic E-state index is 0.145. The number of carbonyl (C=O) groups excluding carboxylic acids is 1. The van der Waals surface area contributed by atoms with E-state index >= 15 is 0 Å². The molecule has 0 saturated carbocycles. The second kappa shape index (κ2) is 6.48. The van der Waals surface area contributed by atoms with E-state index in [1.807, 2.05) is 18.2 Å². The van der Waals surface area contributed by atoms with E-state index in [2.05, 4.69) is 10.4 Å². The van der Waals surface area contributed by atoms with Gasteiger partial charge in [0.15, 0.2) is 0 Å².